The van der Waals surface area contributed by atoms with Crippen LogP contribution < -0.4 is 10.6 Å². The molecule has 0 aliphatic carbocycles. The van der Waals surface area contributed by atoms with E-state index in [1.54, 1.807) is 17.5 Å². The van der Waals surface area contributed by atoms with Gasteiger partial charge < -0.3 is 15.4 Å². The zero-order chi connectivity index (χ0) is 16.7. The molecule has 1 aromatic carbocycles. The summed E-state index contributed by atoms with van der Waals surface area (Å²) in [6.45, 7) is 3.78. The van der Waals surface area contributed by atoms with E-state index in [0.717, 1.165) is 3.57 Å². The van der Waals surface area contributed by atoms with Gasteiger partial charge in [0, 0.05) is 15.5 Å². The molecule has 0 spiro atoms. The first-order valence-electron chi connectivity index (χ1n) is 6.62. The number of rotatable bonds is 7. The van der Waals surface area contributed by atoms with Gasteiger partial charge in [0.05, 0.1) is 5.69 Å². The number of nitrogens with zero attached hydrogens (tertiary/aromatic N) is 1. The van der Waals surface area contributed by atoms with Crippen LogP contribution in [0.4, 0.5) is 10.8 Å². The smallest absolute Gasteiger partial charge is 0.358 e. The lowest BCUT2D eigenvalue weighted by Crippen LogP contribution is -2.21. The molecule has 1 heterocycles. The van der Waals surface area contributed by atoms with Crippen molar-refractivity contribution in [2.45, 2.75) is 0 Å². The molecule has 2 rings (SSSR count). The van der Waals surface area contributed by atoms with Crippen LogP contribution in [0, 0.1) is 3.57 Å². The Morgan fingerprint density at radius 1 is 1.39 bits per heavy atom. The van der Waals surface area contributed by atoms with Gasteiger partial charge in [0.2, 0.25) is 0 Å². The van der Waals surface area contributed by atoms with Crippen molar-refractivity contribution in [1.82, 2.24) is 4.98 Å². The lowest BCUT2D eigenvalue weighted by molar-refractivity contribution is -0.119. The maximum absolute atomic E-state index is 11.8. The van der Waals surface area contributed by atoms with Crippen LogP contribution in [0.1, 0.15) is 10.5 Å². The minimum Gasteiger partial charge on any atom is -0.451 e. The van der Waals surface area contributed by atoms with Crippen LogP contribution in [0.15, 0.2) is 42.3 Å². The van der Waals surface area contributed by atoms with Crippen LogP contribution >= 0.6 is 33.9 Å². The van der Waals surface area contributed by atoms with Gasteiger partial charge in [-0.2, -0.15) is 0 Å². The van der Waals surface area contributed by atoms with E-state index in [2.05, 4.69) is 44.8 Å². The van der Waals surface area contributed by atoms with Gasteiger partial charge in [0.25, 0.3) is 5.91 Å². The molecule has 0 saturated carbocycles. The molecule has 0 aliphatic rings. The third kappa shape index (κ3) is 5.32. The Labute approximate surface area is 151 Å². The summed E-state index contributed by atoms with van der Waals surface area (Å²) in [5.74, 6) is -1.03. The second-order valence-electron chi connectivity index (χ2n) is 4.31. The monoisotopic (exact) mass is 443 g/mol. The molecule has 2 aromatic rings. The molecule has 6 nitrogen and oxygen atoms in total. The molecule has 0 atom stereocenters. The summed E-state index contributed by atoms with van der Waals surface area (Å²) in [6.07, 6.45) is 1.69. The van der Waals surface area contributed by atoms with E-state index in [9.17, 15) is 9.59 Å². The van der Waals surface area contributed by atoms with Crippen molar-refractivity contribution in [1.29, 1.82) is 0 Å². The number of para-hydroxylation sites is 1. The molecule has 0 unspecified atom stereocenters. The Bertz CT molecular complexity index is 717. The number of hydrogen-bond donors (Lipinski definition) is 2. The number of carbonyl (C=O) groups is 2. The van der Waals surface area contributed by atoms with Gasteiger partial charge in [0.15, 0.2) is 17.4 Å². The highest BCUT2D eigenvalue weighted by Crippen LogP contribution is 2.17. The predicted molar refractivity (Wildman–Crippen MR) is 98.9 cm³/mol. The fraction of sp³-hybridized carbons (Fsp3) is 0.133. The van der Waals surface area contributed by atoms with Crippen molar-refractivity contribution < 1.29 is 14.3 Å². The van der Waals surface area contributed by atoms with Crippen molar-refractivity contribution in [3.63, 3.8) is 0 Å². The first-order valence-corrected chi connectivity index (χ1v) is 8.58. The van der Waals surface area contributed by atoms with Gasteiger partial charge in [0.1, 0.15) is 0 Å². The Kier molecular flexibility index (Phi) is 6.53. The highest BCUT2D eigenvalue weighted by Gasteiger charge is 2.14. The van der Waals surface area contributed by atoms with Gasteiger partial charge >= 0.3 is 5.97 Å². The third-order valence-corrected chi connectivity index (χ3v) is 4.33. The molecule has 23 heavy (non-hydrogen) atoms. The van der Waals surface area contributed by atoms with E-state index in [-0.39, 0.29) is 12.3 Å². The van der Waals surface area contributed by atoms with E-state index in [4.69, 9.17) is 4.74 Å². The van der Waals surface area contributed by atoms with E-state index in [1.807, 2.05) is 18.2 Å². The lowest BCUT2D eigenvalue weighted by atomic mass is 10.3. The maximum Gasteiger partial charge on any atom is 0.358 e. The van der Waals surface area contributed by atoms with Crippen molar-refractivity contribution in [2.75, 3.05) is 23.8 Å². The minimum atomic E-state index is -0.634. The Balaban J connectivity index is 1.84. The molecule has 0 fully saturated rings. The summed E-state index contributed by atoms with van der Waals surface area (Å²) in [5.41, 5.74) is 0.849. The highest BCUT2D eigenvalue weighted by atomic mass is 127. The minimum absolute atomic E-state index is 0.170. The molecule has 120 valence electrons. The van der Waals surface area contributed by atoms with Crippen LogP contribution in [-0.2, 0) is 9.53 Å². The summed E-state index contributed by atoms with van der Waals surface area (Å²) in [7, 11) is 0. The predicted octanol–water partition coefficient (Wildman–Crippen LogP) is 3.14. The summed E-state index contributed by atoms with van der Waals surface area (Å²) >= 11 is 3.40. The van der Waals surface area contributed by atoms with Crippen LogP contribution in [0.5, 0.6) is 0 Å². The molecule has 8 heteroatoms. The summed E-state index contributed by atoms with van der Waals surface area (Å²) in [4.78, 5) is 27.7. The number of halogens is 1. The fourth-order valence-corrected chi connectivity index (χ4v) is 2.77. The van der Waals surface area contributed by atoms with Gasteiger partial charge in [-0.15, -0.1) is 17.9 Å². The molecule has 0 radical (unpaired) electrons. The number of nitrogens with one attached hydrogen (secondary N) is 2. The van der Waals surface area contributed by atoms with Gasteiger partial charge in [-0.1, -0.05) is 18.2 Å². The number of anilines is 2. The number of aromatic nitrogens is 1. The highest BCUT2D eigenvalue weighted by molar-refractivity contribution is 14.1. The molecule has 2 N–H and O–H groups in total. The standard InChI is InChI=1S/C15H14IN3O3S/c1-2-7-17-15-19-12(9-23-15)14(21)22-8-13(20)18-11-6-4-3-5-10(11)16/h2-6,9H,1,7-8H2,(H,17,19)(H,18,20). The first kappa shape index (κ1) is 17.4. The maximum atomic E-state index is 11.8. The van der Waals surface area contributed by atoms with Gasteiger partial charge in [-0.05, 0) is 34.7 Å². The largest absolute Gasteiger partial charge is 0.451 e. The Hall–Kier alpha value is -1.94. The van der Waals surface area contributed by atoms with Crippen LogP contribution in [0.2, 0.25) is 0 Å². The summed E-state index contributed by atoms with van der Waals surface area (Å²) in [6, 6.07) is 7.34. The third-order valence-electron chi connectivity index (χ3n) is 2.59. The number of hydrogen-bond acceptors (Lipinski definition) is 6. The van der Waals surface area contributed by atoms with Crippen LogP contribution in [0.25, 0.3) is 0 Å². The molecular formula is C15H14IN3O3S. The Morgan fingerprint density at radius 2 is 2.17 bits per heavy atom. The van der Waals surface area contributed by atoms with Crippen molar-refractivity contribution in [3.05, 3.63) is 51.6 Å². The first-order chi connectivity index (χ1) is 11.1. The number of amides is 1. The van der Waals surface area contributed by atoms with E-state index < -0.39 is 11.9 Å². The number of carbonyl (C=O) groups excluding carboxylic acids is 2. The van der Waals surface area contributed by atoms with Crippen molar-refractivity contribution in [2.24, 2.45) is 0 Å². The molecular weight excluding hydrogens is 429 g/mol. The topological polar surface area (TPSA) is 80.3 Å². The number of esters is 1. The van der Waals surface area contributed by atoms with Gasteiger partial charge in [-0.3, -0.25) is 4.79 Å². The number of ether oxygens (including phenoxy) is 1. The molecule has 1 amide bonds. The SMILES string of the molecule is C=CCNc1nc(C(=O)OCC(=O)Nc2ccccc2I)cs1. The average molecular weight is 443 g/mol. The molecule has 0 bridgehead atoms. The second-order valence-corrected chi connectivity index (χ2v) is 6.33. The van der Waals surface area contributed by atoms with E-state index >= 15 is 0 Å². The van der Waals surface area contributed by atoms with Crippen molar-refractivity contribution in [3.8, 4) is 0 Å². The fourth-order valence-electron chi connectivity index (χ4n) is 1.56. The zero-order valence-electron chi connectivity index (χ0n) is 12.0. The van der Waals surface area contributed by atoms with E-state index in [0.29, 0.717) is 17.4 Å². The molecule has 0 saturated heterocycles. The lowest BCUT2D eigenvalue weighted by Gasteiger charge is -2.07. The Morgan fingerprint density at radius 3 is 2.91 bits per heavy atom. The van der Waals surface area contributed by atoms with Gasteiger partial charge in [-0.25, -0.2) is 9.78 Å². The number of thiazole rings is 1. The second kappa shape index (κ2) is 8.63. The van der Waals surface area contributed by atoms with Crippen LogP contribution in [0.3, 0.4) is 0 Å². The summed E-state index contributed by atoms with van der Waals surface area (Å²) in [5, 5.41) is 7.83. The molecule has 1 aromatic heterocycles. The quantitative estimate of drug-likeness (QED) is 0.391. The number of benzene rings is 1. The normalized spacial score (nSPS) is 9.96. The zero-order valence-corrected chi connectivity index (χ0v) is 15.0. The van der Waals surface area contributed by atoms with Crippen LogP contribution in [-0.4, -0.2) is 30.0 Å². The van der Waals surface area contributed by atoms with Crippen molar-refractivity contribution >= 4 is 56.6 Å². The average Bonchev–Trinajstić information content (AvgIpc) is 3.02. The molecule has 0 aliphatic heterocycles. The summed E-state index contributed by atoms with van der Waals surface area (Å²) < 4.78 is 5.87. The van der Waals surface area contributed by atoms with E-state index in [1.165, 1.54) is 11.3 Å².